The number of rotatable bonds is 1. The van der Waals surface area contributed by atoms with E-state index in [1.165, 1.54) is 13.4 Å². The second kappa shape index (κ2) is 4.07. The van der Waals surface area contributed by atoms with Crippen LogP contribution in [0.5, 0.6) is 0 Å². The van der Waals surface area contributed by atoms with Gasteiger partial charge in [0.1, 0.15) is 0 Å². The minimum atomic E-state index is -0.953. The summed E-state index contributed by atoms with van der Waals surface area (Å²) in [6, 6.07) is 0. The molecule has 0 saturated heterocycles. The number of esters is 1. The van der Waals surface area contributed by atoms with Crippen molar-refractivity contribution < 1.29 is 24.5 Å². The molecule has 2 N–H and O–H groups in total. The first-order valence-corrected chi connectivity index (χ1v) is 5.36. The third-order valence-electron chi connectivity index (χ3n) is 3.66. The number of aliphatic hydroxyl groups is 2. The van der Waals surface area contributed by atoms with Gasteiger partial charge in [-0.1, -0.05) is 6.92 Å². The summed E-state index contributed by atoms with van der Waals surface area (Å²) in [7, 11) is 1.30. The van der Waals surface area contributed by atoms with Crippen molar-refractivity contribution in [2.24, 2.45) is 17.8 Å². The Morgan fingerprint density at radius 2 is 2.25 bits per heavy atom. The Balaban J connectivity index is 2.28. The fourth-order valence-electron chi connectivity index (χ4n) is 2.69. The molecule has 16 heavy (non-hydrogen) atoms. The van der Waals surface area contributed by atoms with Gasteiger partial charge in [-0.05, 0) is 12.3 Å². The van der Waals surface area contributed by atoms with Crippen LogP contribution in [0, 0.1) is 17.8 Å². The lowest BCUT2D eigenvalue weighted by Crippen LogP contribution is -2.36. The summed E-state index contributed by atoms with van der Waals surface area (Å²) in [6.07, 6.45) is 0.250. The number of carbonyl (C=O) groups is 1. The van der Waals surface area contributed by atoms with Crippen LogP contribution < -0.4 is 0 Å². The van der Waals surface area contributed by atoms with E-state index in [2.05, 4.69) is 4.74 Å². The Kier molecular flexibility index (Phi) is 2.90. The Morgan fingerprint density at radius 1 is 1.56 bits per heavy atom. The molecule has 0 aromatic carbocycles. The zero-order valence-corrected chi connectivity index (χ0v) is 9.29. The van der Waals surface area contributed by atoms with E-state index >= 15 is 0 Å². The van der Waals surface area contributed by atoms with Gasteiger partial charge in [-0.15, -0.1) is 0 Å². The second-order valence-electron chi connectivity index (χ2n) is 4.44. The van der Waals surface area contributed by atoms with Crippen LogP contribution in [0.1, 0.15) is 13.3 Å². The van der Waals surface area contributed by atoms with Gasteiger partial charge in [0.25, 0.3) is 0 Å². The summed E-state index contributed by atoms with van der Waals surface area (Å²) in [6.45, 7) is 1.85. The van der Waals surface area contributed by atoms with Crippen molar-refractivity contribution in [1.29, 1.82) is 0 Å². The monoisotopic (exact) mass is 228 g/mol. The van der Waals surface area contributed by atoms with Gasteiger partial charge in [-0.3, -0.25) is 0 Å². The molecular formula is C11H16O5. The van der Waals surface area contributed by atoms with Gasteiger partial charge in [0.05, 0.1) is 25.0 Å². The molecule has 0 amide bonds. The molecule has 1 aliphatic heterocycles. The van der Waals surface area contributed by atoms with Crippen LogP contribution in [0.15, 0.2) is 11.8 Å². The van der Waals surface area contributed by atoms with E-state index < -0.39 is 18.4 Å². The van der Waals surface area contributed by atoms with Crippen LogP contribution in [-0.2, 0) is 14.3 Å². The number of hydrogen-bond acceptors (Lipinski definition) is 5. The molecule has 0 spiro atoms. The van der Waals surface area contributed by atoms with E-state index in [1.807, 2.05) is 6.92 Å². The van der Waals surface area contributed by atoms with E-state index in [-0.39, 0.29) is 17.8 Å². The predicted octanol–water partition coefficient (Wildman–Crippen LogP) is 0.0250. The lowest BCUT2D eigenvalue weighted by atomic mass is 9.83. The minimum absolute atomic E-state index is 0.0895. The highest BCUT2D eigenvalue weighted by Gasteiger charge is 2.49. The van der Waals surface area contributed by atoms with Gasteiger partial charge >= 0.3 is 5.97 Å². The standard InChI is InChI=1S/C11H16O5/c1-5-8(12)3-6-7(10(13)15-2)4-16-11(14)9(5)6/h4-6,8-9,11-12,14H,3H2,1-2H3/t5-,6+,8-,9+,11-/m0/s1. The second-order valence-corrected chi connectivity index (χ2v) is 4.44. The highest BCUT2D eigenvalue weighted by Crippen LogP contribution is 2.45. The maximum Gasteiger partial charge on any atom is 0.337 e. The molecule has 1 saturated carbocycles. The molecule has 0 aromatic heterocycles. The van der Waals surface area contributed by atoms with Gasteiger partial charge in [0, 0.05) is 11.8 Å². The SMILES string of the molecule is COC(=O)C1=CO[C@H](O)[C@@H]2[C@@H](C)[C@@H](O)C[C@H]12. The molecule has 1 heterocycles. The Labute approximate surface area is 93.7 Å². The van der Waals surface area contributed by atoms with Crippen LogP contribution in [0.2, 0.25) is 0 Å². The van der Waals surface area contributed by atoms with E-state index in [1.54, 1.807) is 0 Å². The van der Waals surface area contributed by atoms with E-state index in [9.17, 15) is 15.0 Å². The molecule has 1 aliphatic carbocycles. The van der Waals surface area contributed by atoms with Crippen molar-refractivity contribution in [2.45, 2.75) is 25.7 Å². The summed E-state index contributed by atoms with van der Waals surface area (Å²) in [5.41, 5.74) is 0.404. The first kappa shape index (κ1) is 11.4. The quantitative estimate of drug-likeness (QED) is 0.619. The predicted molar refractivity (Wildman–Crippen MR) is 54.0 cm³/mol. The molecule has 90 valence electrons. The normalized spacial score (nSPS) is 42.0. The van der Waals surface area contributed by atoms with Gasteiger partial charge in [-0.2, -0.15) is 0 Å². The first-order chi connectivity index (χ1) is 7.56. The zero-order chi connectivity index (χ0) is 11.9. The summed E-state index contributed by atoms with van der Waals surface area (Å²) < 4.78 is 9.68. The number of carbonyl (C=O) groups excluding carboxylic acids is 1. The molecule has 0 radical (unpaired) electrons. The highest BCUT2D eigenvalue weighted by atomic mass is 16.6. The minimum Gasteiger partial charge on any atom is -0.472 e. The van der Waals surface area contributed by atoms with Crippen molar-refractivity contribution in [1.82, 2.24) is 0 Å². The van der Waals surface area contributed by atoms with Gasteiger partial charge in [-0.25, -0.2) is 4.79 Å². The molecule has 0 aromatic rings. The largest absolute Gasteiger partial charge is 0.472 e. The molecule has 5 heteroatoms. The number of ether oxygens (including phenoxy) is 2. The van der Waals surface area contributed by atoms with Gasteiger partial charge < -0.3 is 19.7 Å². The maximum atomic E-state index is 11.5. The average molecular weight is 228 g/mol. The summed E-state index contributed by atoms with van der Waals surface area (Å²) >= 11 is 0. The zero-order valence-electron chi connectivity index (χ0n) is 9.29. The molecule has 2 aliphatic rings. The Morgan fingerprint density at radius 3 is 2.88 bits per heavy atom. The van der Waals surface area contributed by atoms with Crippen LogP contribution >= 0.6 is 0 Å². The molecule has 0 unspecified atom stereocenters. The summed E-state index contributed by atoms with van der Waals surface area (Å²) in [4.78, 5) is 11.5. The maximum absolute atomic E-state index is 11.5. The molecular weight excluding hydrogens is 212 g/mol. The van der Waals surface area contributed by atoms with Crippen molar-refractivity contribution in [2.75, 3.05) is 7.11 Å². The number of hydrogen-bond donors (Lipinski definition) is 2. The van der Waals surface area contributed by atoms with E-state index in [0.29, 0.717) is 12.0 Å². The van der Waals surface area contributed by atoms with Crippen LogP contribution in [0.4, 0.5) is 0 Å². The molecule has 0 bridgehead atoms. The molecule has 2 rings (SSSR count). The number of fused-ring (bicyclic) bond motifs is 1. The van der Waals surface area contributed by atoms with Crippen molar-refractivity contribution >= 4 is 5.97 Å². The molecule has 1 fully saturated rings. The summed E-state index contributed by atoms with van der Waals surface area (Å²) in [5, 5.41) is 19.5. The van der Waals surface area contributed by atoms with E-state index in [4.69, 9.17) is 4.74 Å². The van der Waals surface area contributed by atoms with E-state index in [0.717, 1.165) is 0 Å². The van der Waals surface area contributed by atoms with Crippen LogP contribution in [0.25, 0.3) is 0 Å². The lowest BCUT2D eigenvalue weighted by Gasteiger charge is -2.31. The third kappa shape index (κ3) is 1.60. The first-order valence-electron chi connectivity index (χ1n) is 5.36. The molecule has 5 nitrogen and oxygen atoms in total. The Bertz CT molecular complexity index is 324. The van der Waals surface area contributed by atoms with Crippen molar-refractivity contribution in [3.05, 3.63) is 11.8 Å². The topological polar surface area (TPSA) is 76.0 Å². The Hall–Kier alpha value is -1.07. The van der Waals surface area contributed by atoms with Gasteiger partial charge in [0.15, 0.2) is 6.29 Å². The van der Waals surface area contributed by atoms with Crippen LogP contribution in [-0.4, -0.2) is 35.7 Å². The number of aliphatic hydroxyl groups excluding tert-OH is 2. The lowest BCUT2D eigenvalue weighted by molar-refractivity contribution is -0.145. The van der Waals surface area contributed by atoms with Crippen LogP contribution in [0.3, 0.4) is 0 Å². The fourth-order valence-corrected chi connectivity index (χ4v) is 2.69. The van der Waals surface area contributed by atoms with Gasteiger partial charge in [0.2, 0.25) is 0 Å². The average Bonchev–Trinajstić information content (AvgIpc) is 2.56. The third-order valence-corrected chi connectivity index (χ3v) is 3.66. The summed E-state index contributed by atoms with van der Waals surface area (Å²) in [5.74, 6) is -0.966. The molecule has 5 atom stereocenters. The highest BCUT2D eigenvalue weighted by molar-refractivity contribution is 5.89. The smallest absolute Gasteiger partial charge is 0.337 e. The van der Waals surface area contributed by atoms with Crippen molar-refractivity contribution in [3.63, 3.8) is 0 Å². The fraction of sp³-hybridized carbons (Fsp3) is 0.727. The van der Waals surface area contributed by atoms with Crippen molar-refractivity contribution in [3.8, 4) is 0 Å². The number of methoxy groups -OCH3 is 1.